The van der Waals surface area contributed by atoms with E-state index in [0.717, 1.165) is 25.9 Å². The monoisotopic (exact) mass is 264 g/mol. The molecule has 0 amide bonds. The van der Waals surface area contributed by atoms with Crippen molar-refractivity contribution in [3.05, 3.63) is 29.8 Å². The molecule has 0 aliphatic heterocycles. The fourth-order valence-electron chi connectivity index (χ4n) is 1.80. The first-order chi connectivity index (χ1) is 9.13. The van der Waals surface area contributed by atoms with E-state index in [1.807, 2.05) is 24.3 Å². The third-order valence-corrected chi connectivity index (χ3v) is 3.01. The molecular formula is C16H24O3. The van der Waals surface area contributed by atoms with Gasteiger partial charge in [-0.15, -0.1) is 0 Å². The summed E-state index contributed by atoms with van der Waals surface area (Å²) in [7, 11) is 1.69. The number of methoxy groups -OCH3 is 1. The van der Waals surface area contributed by atoms with E-state index < -0.39 is 0 Å². The van der Waals surface area contributed by atoms with Crippen LogP contribution in [0.4, 0.5) is 0 Å². The van der Waals surface area contributed by atoms with E-state index in [1.54, 1.807) is 7.11 Å². The predicted octanol–water partition coefficient (Wildman–Crippen LogP) is 3.92. The number of unbranched alkanes of at least 4 members (excludes halogenated alkanes) is 2. The largest absolute Gasteiger partial charge is 0.427 e. The van der Waals surface area contributed by atoms with Crippen LogP contribution in [0.5, 0.6) is 5.75 Å². The van der Waals surface area contributed by atoms with Crippen molar-refractivity contribution in [3.8, 4) is 5.75 Å². The van der Waals surface area contributed by atoms with E-state index in [4.69, 9.17) is 9.47 Å². The first-order valence-corrected chi connectivity index (χ1v) is 6.93. The molecule has 0 fully saturated rings. The van der Waals surface area contributed by atoms with Gasteiger partial charge in [0.05, 0.1) is 0 Å². The van der Waals surface area contributed by atoms with E-state index >= 15 is 0 Å². The van der Waals surface area contributed by atoms with Crippen LogP contribution in [0.15, 0.2) is 24.3 Å². The van der Waals surface area contributed by atoms with Crippen molar-refractivity contribution < 1.29 is 14.3 Å². The van der Waals surface area contributed by atoms with Crippen molar-refractivity contribution in [3.63, 3.8) is 0 Å². The van der Waals surface area contributed by atoms with E-state index in [9.17, 15) is 4.79 Å². The molecule has 0 bridgehead atoms. The van der Waals surface area contributed by atoms with Gasteiger partial charge in [-0.3, -0.25) is 4.79 Å². The highest BCUT2D eigenvalue weighted by Gasteiger charge is 2.05. The zero-order valence-corrected chi connectivity index (χ0v) is 12.1. The van der Waals surface area contributed by atoms with Crippen molar-refractivity contribution in [2.24, 2.45) is 0 Å². The molecule has 0 aromatic heterocycles. The predicted molar refractivity (Wildman–Crippen MR) is 76.5 cm³/mol. The molecule has 0 radical (unpaired) electrons. The number of hydrogen-bond donors (Lipinski definition) is 0. The molecule has 1 rings (SSSR count). The van der Waals surface area contributed by atoms with Gasteiger partial charge in [0.2, 0.25) is 0 Å². The minimum absolute atomic E-state index is 0.158. The second-order valence-electron chi connectivity index (χ2n) is 5.00. The molecule has 0 saturated carbocycles. The van der Waals surface area contributed by atoms with Gasteiger partial charge in [0, 0.05) is 20.1 Å². The summed E-state index contributed by atoms with van der Waals surface area (Å²) in [6, 6.07) is 7.73. The van der Waals surface area contributed by atoms with E-state index in [1.165, 1.54) is 5.56 Å². The molecular weight excluding hydrogens is 240 g/mol. The van der Waals surface area contributed by atoms with E-state index in [2.05, 4.69) is 13.8 Å². The molecule has 0 aliphatic carbocycles. The average molecular weight is 264 g/mol. The Labute approximate surface area is 115 Å². The minimum atomic E-state index is -0.158. The fourth-order valence-corrected chi connectivity index (χ4v) is 1.80. The van der Waals surface area contributed by atoms with Crippen LogP contribution < -0.4 is 4.74 Å². The summed E-state index contributed by atoms with van der Waals surface area (Å²) in [5, 5.41) is 0. The molecule has 0 heterocycles. The zero-order chi connectivity index (χ0) is 14.1. The number of benzene rings is 1. The highest BCUT2D eigenvalue weighted by atomic mass is 16.5. The summed E-state index contributed by atoms with van der Waals surface area (Å²) in [5.41, 5.74) is 1.25. The lowest BCUT2D eigenvalue weighted by molar-refractivity contribution is -0.134. The van der Waals surface area contributed by atoms with Crippen LogP contribution in [-0.2, 0) is 9.53 Å². The van der Waals surface area contributed by atoms with Crippen molar-refractivity contribution in [2.75, 3.05) is 13.7 Å². The van der Waals surface area contributed by atoms with Gasteiger partial charge in [-0.05, 0) is 36.5 Å². The second kappa shape index (κ2) is 8.70. The molecule has 19 heavy (non-hydrogen) atoms. The standard InChI is InChI=1S/C16H24O3/c1-13(2)14-8-10-15(11-9-14)19-16(17)7-5-4-6-12-18-3/h8-11,13H,4-7,12H2,1-3H3. The average Bonchev–Trinajstić information content (AvgIpc) is 2.39. The SMILES string of the molecule is COCCCCCC(=O)Oc1ccc(C(C)C)cc1. The summed E-state index contributed by atoms with van der Waals surface area (Å²) in [4.78, 5) is 11.6. The lowest BCUT2D eigenvalue weighted by Crippen LogP contribution is -2.07. The Morgan fingerprint density at radius 3 is 2.37 bits per heavy atom. The third-order valence-electron chi connectivity index (χ3n) is 3.01. The number of carbonyl (C=O) groups is 1. The Morgan fingerprint density at radius 2 is 1.79 bits per heavy atom. The van der Waals surface area contributed by atoms with Crippen molar-refractivity contribution >= 4 is 5.97 Å². The molecule has 0 N–H and O–H groups in total. The van der Waals surface area contributed by atoms with Gasteiger partial charge in [-0.2, -0.15) is 0 Å². The smallest absolute Gasteiger partial charge is 0.311 e. The van der Waals surface area contributed by atoms with Gasteiger partial charge in [-0.1, -0.05) is 32.4 Å². The molecule has 0 unspecified atom stereocenters. The summed E-state index contributed by atoms with van der Waals surface area (Å²) in [6.45, 7) is 5.04. The normalized spacial score (nSPS) is 10.7. The molecule has 1 aromatic carbocycles. The van der Waals surface area contributed by atoms with Gasteiger partial charge in [0.15, 0.2) is 0 Å². The molecule has 0 aliphatic rings. The van der Waals surface area contributed by atoms with Crippen LogP contribution in [0.25, 0.3) is 0 Å². The quantitative estimate of drug-likeness (QED) is 0.405. The van der Waals surface area contributed by atoms with Crippen molar-refractivity contribution in [2.45, 2.75) is 45.4 Å². The van der Waals surface area contributed by atoms with Crippen LogP contribution in [0.2, 0.25) is 0 Å². The van der Waals surface area contributed by atoms with Crippen molar-refractivity contribution in [1.29, 1.82) is 0 Å². The molecule has 0 atom stereocenters. The fraction of sp³-hybridized carbons (Fsp3) is 0.562. The van der Waals surface area contributed by atoms with Crippen LogP contribution in [-0.4, -0.2) is 19.7 Å². The second-order valence-corrected chi connectivity index (χ2v) is 5.00. The van der Waals surface area contributed by atoms with E-state index in [0.29, 0.717) is 18.1 Å². The number of hydrogen-bond acceptors (Lipinski definition) is 3. The number of ether oxygens (including phenoxy) is 2. The minimum Gasteiger partial charge on any atom is -0.427 e. The summed E-state index contributed by atoms with van der Waals surface area (Å²) >= 11 is 0. The molecule has 106 valence electrons. The molecule has 1 aromatic rings. The van der Waals surface area contributed by atoms with Crippen LogP contribution in [0, 0.1) is 0 Å². The maximum absolute atomic E-state index is 11.6. The zero-order valence-electron chi connectivity index (χ0n) is 12.1. The van der Waals surface area contributed by atoms with Crippen LogP contribution in [0.3, 0.4) is 0 Å². The molecule has 0 spiro atoms. The molecule has 0 saturated heterocycles. The Kier molecular flexibility index (Phi) is 7.19. The topological polar surface area (TPSA) is 35.5 Å². The van der Waals surface area contributed by atoms with Gasteiger partial charge in [0.1, 0.15) is 5.75 Å². The number of rotatable bonds is 8. The van der Waals surface area contributed by atoms with Gasteiger partial charge in [0.25, 0.3) is 0 Å². The van der Waals surface area contributed by atoms with Crippen LogP contribution >= 0.6 is 0 Å². The first-order valence-electron chi connectivity index (χ1n) is 6.93. The number of carbonyl (C=O) groups excluding carboxylic acids is 1. The molecule has 3 nitrogen and oxygen atoms in total. The van der Waals surface area contributed by atoms with Gasteiger partial charge < -0.3 is 9.47 Å². The summed E-state index contributed by atoms with van der Waals surface area (Å²) in [5.74, 6) is 0.964. The lowest BCUT2D eigenvalue weighted by atomic mass is 10.0. The lowest BCUT2D eigenvalue weighted by Gasteiger charge is -2.07. The van der Waals surface area contributed by atoms with Crippen LogP contribution in [0.1, 0.15) is 51.0 Å². The van der Waals surface area contributed by atoms with Gasteiger partial charge in [-0.25, -0.2) is 0 Å². The Balaban J connectivity index is 2.28. The maximum Gasteiger partial charge on any atom is 0.311 e. The van der Waals surface area contributed by atoms with E-state index in [-0.39, 0.29) is 5.97 Å². The highest BCUT2D eigenvalue weighted by Crippen LogP contribution is 2.19. The number of esters is 1. The Hall–Kier alpha value is -1.35. The molecule has 3 heteroatoms. The van der Waals surface area contributed by atoms with Crippen molar-refractivity contribution in [1.82, 2.24) is 0 Å². The van der Waals surface area contributed by atoms with Gasteiger partial charge >= 0.3 is 5.97 Å². The maximum atomic E-state index is 11.6. The third kappa shape index (κ3) is 6.39. The Morgan fingerprint density at radius 1 is 1.11 bits per heavy atom. The first kappa shape index (κ1) is 15.7. The highest BCUT2D eigenvalue weighted by molar-refractivity contribution is 5.72. The summed E-state index contributed by atoms with van der Waals surface area (Å²) in [6.07, 6.45) is 3.31. The Bertz CT molecular complexity index is 368. The summed E-state index contributed by atoms with van der Waals surface area (Å²) < 4.78 is 10.2.